The largest absolute Gasteiger partial charge is 0.463 e. The molecule has 0 amide bonds. The van der Waals surface area contributed by atoms with E-state index >= 15 is 0 Å². The third-order valence-electron chi connectivity index (χ3n) is 4.84. The summed E-state index contributed by atoms with van der Waals surface area (Å²) in [6.07, 6.45) is 5.18. The number of hydrazone groups is 1. The van der Waals surface area contributed by atoms with Gasteiger partial charge in [-0.3, -0.25) is 9.97 Å². The van der Waals surface area contributed by atoms with E-state index in [-0.39, 0.29) is 4.90 Å². The number of hydrogen-bond acceptors (Lipinski definition) is 6. The van der Waals surface area contributed by atoms with E-state index in [1.54, 1.807) is 61.1 Å². The van der Waals surface area contributed by atoms with Crippen LogP contribution in [0.3, 0.4) is 0 Å². The van der Waals surface area contributed by atoms with Crippen LogP contribution < -0.4 is 0 Å². The van der Waals surface area contributed by atoms with Crippen molar-refractivity contribution in [1.82, 2.24) is 14.4 Å². The Hall–Kier alpha value is -3.52. The summed E-state index contributed by atoms with van der Waals surface area (Å²) in [5.74, 6) is 0.557. The first-order valence-electron chi connectivity index (χ1n) is 9.04. The number of benzene rings is 2. The zero-order chi connectivity index (χ0) is 19.8. The molecule has 144 valence electrons. The van der Waals surface area contributed by atoms with Crippen molar-refractivity contribution in [1.29, 1.82) is 0 Å². The summed E-state index contributed by atoms with van der Waals surface area (Å²) in [6.45, 7) is 0. The predicted molar refractivity (Wildman–Crippen MR) is 108 cm³/mol. The van der Waals surface area contributed by atoms with E-state index in [2.05, 4.69) is 15.1 Å². The average molecular weight is 404 g/mol. The Morgan fingerprint density at radius 1 is 0.931 bits per heavy atom. The molecule has 0 spiro atoms. The van der Waals surface area contributed by atoms with Crippen LogP contribution in [-0.4, -0.2) is 28.5 Å². The number of sulfonamides is 1. The highest BCUT2D eigenvalue weighted by molar-refractivity contribution is 7.89. The van der Waals surface area contributed by atoms with Gasteiger partial charge >= 0.3 is 0 Å². The van der Waals surface area contributed by atoms with Gasteiger partial charge in [-0.2, -0.15) is 17.9 Å². The second kappa shape index (κ2) is 6.82. The number of hydrogen-bond donors (Lipinski definition) is 0. The highest BCUT2D eigenvalue weighted by Crippen LogP contribution is 2.37. The third kappa shape index (κ3) is 3.07. The van der Waals surface area contributed by atoms with Gasteiger partial charge in [-0.25, -0.2) is 0 Å². The average Bonchev–Trinajstić information content (AvgIpc) is 3.44. The molecule has 1 aliphatic heterocycles. The van der Waals surface area contributed by atoms with Crippen LogP contribution in [0.25, 0.3) is 11.0 Å². The zero-order valence-electron chi connectivity index (χ0n) is 15.2. The molecule has 0 fully saturated rings. The molecule has 0 radical (unpaired) electrons. The van der Waals surface area contributed by atoms with E-state index in [1.165, 1.54) is 4.41 Å². The van der Waals surface area contributed by atoms with Crippen molar-refractivity contribution in [2.75, 3.05) is 0 Å². The summed E-state index contributed by atoms with van der Waals surface area (Å²) in [5.41, 5.74) is 2.83. The lowest BCUT2D eigenvalue weighted by atomic mass is 10.0. The maximum Gasteiger partial charge on any atom is 0.279 e. The second-order valence-corrected chi connectivity index (χ2v) is 8.43. The topological polar surface area (TPSA) is 88.7 Å². The standard InChI is InChI=1S/C21H16N4O3S/c26-29(27,16-5-2-1-3-6-16)25-20(14-19(24-25)21-7-4-12-28-21)15-8-9-17-18(13-15)23-11-10-22-17/h1-13,20H,14H2/t20-/m0/s1. The van der Waals surface area contributed by atoms with Crippen molar-refractivity contribution in [2.24, 2.45) is 5.10 Å². The Bertz CT molecular complexity index is 1300. The number of fused-ring (bicyclic) bond motifs is 1. The molecule has 7 nitrogen and oxygen atoms in total. The van der Waals surface area contributed by atoms with Crippen LogP contribution in [0.1, 0.15) is 23.8 Å². The molecule has 2 aromatic heterocycles. The number of furan rings is 1. The Kier molecular flexibility index (Phi) is 4.13. The maximum absolute atomic E-state index is 13.4. The predicted octanol–water partition coefficient (Wildman–Crippen LogP) is 3.76. The van der Waals surface area contributed by atoms with Crippen molar-refractivity contribution < 1.29 is 12.8 Å². The van der Waals surface area contributed by atoms with Crippen LogP contribution in [-0.2, 0) is 10.0 Å². The van der Waals surface area contributed by atoms with Gasteiger partial charge in [-0.1, -0.05) is 24.3 Å². The van der Waals surface area contributed by atoms with Gasteiger partial charge in [0, 0.05) is 18.8 Å². The Morgan fingerprint density at radius 3 is 2.48 bits per heavy atom. The van der Waals surface area contributed by atoms with E-state index in [0.717, 1.165) is 11.1 Å². The van der Waals surface area contributed by atoms with Crippen LogP contribution in [0.5, 0.6) is 0 Å². The monoisotopic (exact) mass is 404 g/mol. The molecule has 0 unspecified atom stereocenters. The van der Waals surface area contributed by atoms with Crippen molar-refractivity contribution in [3.63, 3.8) is 0 Å². The van der Waals surface area contributed by atoms with E-state index in [9.17, 15) is 8.42 Å². The number of nitrogens with zero attached hydrogens (tertiary/aromatic N) is 4. The fraction of sp³-hybridized carbons (Fsp3) is 0.0952. The quantitative estimate of drug-likeness (QED) is 0.517. The van der Waals surface area contributed by atoms with Gasteiger partial charge in [0.1, 0.15) is 11.5 Å². The molecule has 4 aromatic rings. The number of rotatable bonds is 4. The Balaban J connectivity index is 1.62. The minimum absolute atomic E-state index is 0.190. The summed E-state index contributed by atoms with van der Waals surface area (Å²) in [4.78, 5) is 8.81. The molecule has 0 aliphatic carbocycles. The minimum atomic E-state index is -3.85. The Morgan fingerprint density at radius 2 is 1.72 bits per heavy atom. The van der Waals surface area contributed by atoms with E-state index in [0.29, 0.717) is 23.4 Å². The van der Waals surface area contributed by atoms with Crippen molar-refractivity contribution in [2.45, 2.75) is 17.4 Å². The van der Waals surface area contributed by atoms with Crippen molar-refractivity contribution in [3.05, 3.63) is 90.6 Å². The van der Waals surface area contributed by atoms with Crippen LogP contribution >= 0.6 is 0 Å². The Labute approximate surface area is 167 Å². The van der Waals surface area contributed by atoms with E-state index in [4.69, 9.17) is 4.42 Å². The minimum Gasteiger partial charge on any atom is -0.463 e. The fourth-order valence-corrected chi connectivity index (χ4v) is 4.89. The van der Waals surface area contributed by atoms with Gasteiger partial charge in [0.15, 0.2) is 0 Å². The fourth-order valence-electron chi connectivity index (χ4n) is 3.44. The molecule has 3 heterocycles. The maximum atomic E-state index is 13.4. The summed E-state index contributed by atoms with van der Waals surface area (Å²) < 4.78 is 33.4. The van der Waals surface area contributed by atoms with Gasteiger partial charge in [0.05, 0.1) is 28.2 Å². The lowest BCUT2D eigenvalue weighted by Crippen LogP contribution is -2.27. The van der Waals surface area contributed by atoms with Gasteiger partial charge in [0.25, 0.3) is 10.0 Å². The van der Waals surface area contributed by atoms with Crippen molar-refractivity contribution in [3.8, 4) is 0 Å². The lowest BCUT2D eigenvalue weighted by molar-refractivity contribution is 0.371. The molecule has 1 aliphatic rings. The summed E-state index contributed by atoms with van der Waals surface area (Å²) in [7, 11) is -3.85. The SMILES string of the molecule is O=S(=O)(c1ccccc1)N1N=C(c2ccco2)C[C@H]1c1ccc2nccnc2c1. The smallest absolute Gasteiger partial charge is 0.279 e. The normalized spacial score (nSPS) is 16.9. The van der Waals surface area contributed by atoms with Gasteiger partial charge < -0.3 is 4.42 Å². The summed E-state index contributed by atoms with van der Waals surface area (Å²) in [6, 6.07) is 16.9. The zero-order valence-corrected chi connectivity index (χ0v) is 16.0. The molecule has 0 saturated carbocycles. The van der Waals surface area contributed by atoms with Crippen LogP contribution in [0.15, 0.2) is 93.7 Å². The van der Waals surface area contributed by atoms with Gasteiger partial charge in [0.2, 0.25) is 0 Å². The highest BCUT2D eigenvalue weighted by Gasteiger charge is 2.38. The van der Waals surface area contributed by atoms with Gasteiger partial charge in [-0.05, 0) is 42.0 Å². The molecule has 1 atom stereocenters. The molecule has 0 bridgehead atoms. The second-order valence-electron chi connectivity index (χ2n) is 6.64. The molecule has 0 saturated heterocycles. The molecular formula is C21H16N4O3S. The molecule has 2 aromatic carbocycles. The highest BCUT2D eigenvalue weighted by atomic mass is 32.2. The molecule has 29 heavy (non-hydrogen) atoms. The van der Waals surface area contributed by atoms with Crippen LogP contribution in [0.2, 0.25) is 0 Å². The van der Waals surface area contributed by atoms with E-state index < -0.39 is 16.1 Å². The van der Waals surface area contributed by atoms with Crippen LogP contribution in [0, 0.1) is 0 Å². The van der Waals surface area contributed by atoms with Gasteiger partial charge in [-0.15, -0.1) is 0 Å². The summed E-state index contributed by atoms with van der Waals surface area (Å²) >= 11 is 0. The molecule has 0 N–H and O–H groups in total. The number of aromatic nitrogens is 2. The lowest BCUT2D eigenvalue weighted by Gasteiger charge is -2.23. The first-order valence-corrected chi connectivity index (χ1v) is 10.5. The molecule has 8 heteroatoms. The van der Waals surface area contributed by atoms with Crippen LogP contribution in [0.4, 0.5) is 0 Å². The summed E-state index contributed by atoms with van der Waals surface area (Å²) in [5, 5.41) is 4.45. The van der Waals surface area contributed by atoms with Crippen molar-refractivity contribution >= 4 is 26.8 Å². The first-order chi connectivity index (χ1) is 14.1. The third-order valence-corrected chi connectivity index (χ3v) is 6.54. The first kappa shape index (κ1) is 17.6. The molecule has 5 rings (SSSR count). The molecular weight excluding hydrogens is 388 g/mol. The van der Waals surface area contributed by atoms with E-state index in [1.807, 2.05) is 18.2 Å².